The molecular formula is C27H29ClO2. The van der Waals surface area contributed by atoms with Gasteiger partial charge in [-0.2, -0.15) is 0 Å². The molecule has 1 atom stereocenters. The molecule has 1 fully saturated rings. The molecular weight excluding hydrogens is 392 g/mol. The van der Waals surface area contributed by atoms with Gasteiger partial charge in [-0.15, -0.1) is 12.4 Å². The molecule has 0 radical (unpaired) electrons. The molecule has 156 valence electrons. The number of hydrogen-bond donors (Lipinski definition) is 0. The molecule has 0 amide bonds. The highest BCUT2D eigenvalue weighted by Gasteiger charge is 2.51. The maximum absolute atomic E-state index is 13.1. The summed E-state index contributed by atoms with van der Waals surface area (Å²) in [6.45, 7) is 0.535. The summed E-state index contributed by atoms with van der Waals surface area (Å²) in [6.07, 6.45) is 4.57. The molecule has 1 saturated heterocycles. The standard InChI is InChI=1S/C27H28O2.ClH/c28-26-27(19-23-13-6-2-7-14-23,20-24-15-8-3-9-16-24)25(21-29-26)18-10-17-22-11-4-1-5-12-22;/h1-9,11-16,25H,10,17-21H2;1H. The Kier molecular flexibility index (Phi) is 7.70. The molecule has 1 aliphatic rings. The van der Waals surface area contributed by atoms with E-state index in [0.29, 0.717) is 6.61 Å². The largest absolute Gasteiger partial charge is 0.465 e. The number of cyclic esters (lactones) is 1. The second-order valence-electron chi connectivity index (χ2n) is 8.15. The molecule has 0 N–H and O–H groups in total. The average molecular weight is 421 g/mol. The predicted molar refractivity (Wildman–Crippen MR) is 124 cm³/mol. The van der Waals surface area contributed by atoms with Gasteiger partial charge in [-0.1, -0.05) is 91.0 Å². The molecule has 1 aliphatic heterocycles. The van der Waals surface area contributed by atoms with Gasteiger partial charge >= 0.3 is 5.97 Å². The highest BCUT2D eigenvalue weighted by Crippen LogP contribution is 2.44. The van der Waals surface area contributed by atoms with Crippen molar-refractivity contribution in [1.29, 1.82) is 0 Å². The van der Waals surface area contributed by atoms with Crippen LogP contribution < -0.4 is 0 Å². The van der Waals surface area contributed by atoms with Gasteiger partial charge in [0.2, 0.25) is 0 Å². The van der Waals surface area contributed by atoms with Gasteiger partial charge in [0.25, 0.3) is 0 Å². The third kappa shape index (κ3) is 5.12. The number of carbonyl (C=O) groups is 1. The van der Waals surface area contributed by atoms with E-state index in [9.17, 15) is 4.79 Å². The minimum Gasteiger partial charge on any atom is -0.465 e. The summed E-state index contributed by atoms with van der Waals surface area (Å²) in [7, 11) is 0. The molecule has 4 rings (SSSR count). The third-order valence-electron chi connectivity index (χ3n) is 6.19. The second-order valence-corrected chi connectivity index (χ2v) is 8.15. The van der Waals surface area contributed by atoms with Crippen LogP contribution in [0.15, 0.2) is 91.0 Å². The number of hydrogen-bond acceptors (Lipinski definition) is 2. The monoisotopic (exact) mass is 420 g/mol. The van der Waals surface area contributed by atoms with Crippen LogP contribution in [-0.2, 0) is 28.8 Å². The number of ether oxygens (including phenoxy) is 1. The molecule has 0 aliphatic carbocycles. The van der Waals surface area contributed by atoms with Gasteiger partial charge in [-0.3, -0.25) is 4.79 Å². The maximum Gasteiger partial charge on any atom is 0.313 e. The van der Waals surface area contributed by atoms with E-state index in [1.807, 2.05) is 12.1 Å². The van der Waals surface area contributed by atoms with Crippen LogP contribution in [0.5, 0.6) is 0 Å². The van der Waals surface area contributed by atoms with Gasteiger partial charge in [0.15, 0.2) is 0 Å². The molecule has 3 aromatic rings. The maximum atomic E-state index is 13.1. The zero-order chi connectivity index (χ0) is 19.9. The van der Waals surface area contributed by atoms with Crippen LogP contribution in [0.3, 0.4) is 0 Å². The Morgan fingerprint density at radius 3 is 1.70 bits per heavy atom. The van der Waals surface area contributed by atoms with Crippen molar-refractivity contribution >= 4 is 18.4 Å². The van der Waals surface area contributed by atoms with E-state index in [-0.39, 0.29) is 24.3 Å². The first-order chi connectivity index (χ1) is 14.3. The fourth-order valence-corrected chi connectivity index (χ4v) is 4.62. The average Bonchev–Trinajstić information content (AvgIpc) is 3.05. The third-order valence-corrected chi connectivity index (χ3v) is 6.19. The SMILES string of the molecule is Cl.O=C1OCC(CCCc2ccccc2)C1(Cc1ccccc1)Cc1ccccc1. The topological polar surface area (TPSA) is 26.3 Å². The first kappa shape index (κ1) is 22.1. The summed E-state index contributed by atoms with van der Waals surface area (Å²) in [4.78, 5) is 13.1. The van der Waals surface area contributed by atoms with E-state index in [2.05, 4.69) is 78.9 Å². The Morgan fingerprint density at radius 2 is 1.20 bits per heavy atom. The van der Waals surface area contributed by atoms with E-state index in [0.717, 1.165) is 32.1 Å². The van der Waals surface area contributed by atoms with Crippen molar-refractivity contribution in [3.8, 4) is 0 Å². The molecule has 3 heteroatoms. The van der Waals surface area contributed by atoms with Gasteiger partial charge in [0.05, 0.1) is 12.0 Å². The molecule has 1 unspecified atom stereocenters. The van der Waals surface area contributed by atoms with Gasteiger partial charge in [-0.05, 0) is 48.8 Å². The van der Waals surface area contributed by atoms with E-state index in [4.69, 9.17) is 4.74 Å². The smallest absolute Gasteiger partial charge is 0.313 e. The van der Waals surface area contributed by atoms with E-state index < -0.39 is 5.41 Å². The minimum absolute atomic E-state index is 0. The van der Waals surface area contributed by atoms with Crippen molar-refractivity contribution < 1.29 is 9.53 Å². The van der Waals surface area contributed by atoms with Crippen LogP contribution in [0.25, 0.3) is 0 Å². The van der Waals surface area contributed by atoms with E-state index in [1.54, 1.807) is 0 Å². The van der Waals surface area contributed by atoms with Gasteiger partial charge in [0.1, 0.15) is 0 Å². The predicted octanol–water partition coefficient (Wildman–Crippen LogP) is 6.08. The molecule has 0 aromatic heterocycles. The Hall–Kier alpha value is -2.58. The molecule has 1 heterocycles. The van der Waals surface area contributed by atoms with Crippen LogP contribution >= 0.6 is 12.4 Å². The molecule has 2 nitrogen and oxygen atoms in total. The number of rotatable bonds is 8. The van der Waals surface area contributed by atoms with Crippen LogP contribution in [0, 0.1) is 11.3 Å². The Balaban J connectivity index is 0.00000256. The molecule has 0 saturated carbocycles. The van der Waals surface area contributed by atoms with Crippen molar-refractivity contribution in [2.45, 2.75) is 32.1 Å². The van der Waals surface area contributed by atoms with Gasteiger partial charge in [0, 0.05) is 5.92 Å². The number of benzene rings is 3. The normalized spacial score (nSPS) is 17.2. The lowest BCUT2D eigenvalue weighted by Gasteiger charge is -2.31. The van der Waals surface area contributed by atoms with Crippen LogP contribution in [0.2, 0.25) is 0 Å². The van der Waals surface area contributed by atoms with Crippen molar-refractivity contribution in [2.24, 2.45) is 11.3 Å². The van der Waals surface area contributed by atoms with Crippen LogP contribution in [-0.4, -0.2) is 12.6 Å². The lowest BCUT2D eigenvalue weighted by Crippen LogP contribution is -2.38. The Morgan fingerprint density at radius 1 is 0.733 bits per heavy atom. The zero-order valence-electron chi connectivity index (χ0n) is 17.2. The van der Waals surface area contributed by atoms with Gasteiger partial charge < -0.3 is 4.74 Å². The molecule has 3 aromatic carbocycles. The first-order valence-corrected chi connectivity index (χ1v) is 10.6. The van der Waals surface area contributed by atoms with E-state index in [1.165, 1.54) is 16.7 Å². The molecule has 30 heavy (non-hydrogen) atoms. The van der Waals surface area contributed by atoms with Gasteiger partial charge in [-0.25, -0.2) is 0 Å². The summed E-state index contributed by atoms with van der Waals surface area (Å²) in [6, 6.07) is 31.3. The fourth-order valence-electron chi connectivity index (χ4n) is 4.62. The van der Waals surface area contributed by atoms with Crippen LogP contribution in [0.1, 0.15) is 29.5 Å². The zero-order valence-corrected chi connectivity index (χ0v) is 18.0. The quantitative estimate of drug-likeness (QED) is 0.413. The summed E-state index contributed by atoms with van der Waals surface area (Å²) in [5.41, 5.74) is 3.28. The summed E-state index contributed by atoms with van der Waals surface area (Å²) >= 11 is 0. The van der Waals surface area contributed by atoms with Crippen LogP contribution in [0.4, 0.5) is 0 Å². The number of carbonyl (C=O) groups excluding carboxylic acids is 1. The summed E-state index contributed by atoms with van der Waals surface area (Å²) in [5, 5.41) is 0. The van der Waals surface area contributed by atoms with Crippen molar-refractivity contribution in [2.75, 3.05) is 6.61 Å². The summed E-state index contributed by atoms with van der Waals surface area (Å²) < 4.78 is 5.69. The number of aryl methyl sites for hydroxylation is 1. The Labute approximate surface area is 185 Å². The number of halogens is 1. The van der Waals surface area contributed by atoms with Crippen molar-refractivity contribution in [1.82, 2.24) is 0 Å². The molecule has 0 spiro atoms. The number of esters is 1. The lowest BCUT2D eigenvalue weighted by atomic mass is 9.67. The summed E-state index contributed by atoms with van der Waals surface area (Å²) in [5.74, 6) is 0.203. The minimum atomic E-state index is -0.487. The second kappa shape index (κ2) is 10.4. The molecule has 0 bridgehead atoms. The van der Waals surface area contributed by atoms with Crippen molar-refractivity contribution in [3.63, 3.8) is 0 Å². The van der Waals surface area contributed by atoms with E-state index >= 15 is 0 Å². The fraction of sp³-hybridized carbons (Fsp3) is 0.296. The highest BCUT2D eigenvalue weighted by atomic mass is 35.5. The lowest BCUT2D eigenvalue weighted by molar-refractivity contribution is -0.146. The van der Waals surface area contributed by atoms with Crippen molar-refractivity contribution in [3.05, 3.63) is 108 Å². The first-order valence-electron chi connectivity index (χ1n) is 10.6. The highest BCUT2D eigenvalue weighted by molar-refractivity contribution is 5.85. The Bertz CT molecular complexity index is 868.